The maximum absolute atomic E-state index is 11.7. The predicted octanol–water partition coefficient (Wildman–Crippen LogP) is -0.308. The average molecular weight is 271 g/mol. The van der Waals surface area contributed by atoms with E-state index in [9.17, 15) is 9.59 Å². The minimum absolute atomic E-state index is 0.0628. The average Bonchev–Trinajstić information content (AvgIpc) is 2.34. The fourth-order valence-corrected chi connectivity index (χ4v) is 1.98. The van der Waals surface area contributed by atoms with Crippen LogP contribution in [-0.2, 0) is 14.3 Å². The highest BCUT2D eigenvalue weighted by Gasteiger charge is 2.16. The molecule has 0 aliphatic carbocycles. The number of morpholine rings is 1. The molecule has 19 heavy (non-hydrogen) atoms. The van der Waals surface area contributed by atoms with Gasteiger partial charge in [-0.2, -0.15) is 0 Å². The number of carbonyl (C=O) groups is 2. The summed E-state index contributed by atoms with van der Waals surface area (Å²) in [6, 6.07) is 0.0977. The molecule has 0 aromatic heterocycles. The lowest BCUT2D eigenvalue weighted by molar-refractivity contribution is -0.134. The van der Waals surface area contributed by atoms with Crippen LogP contribution in [0.25, 0.3) is 0 Å². The van der Waals surface area contributed by atoms with Crippen molar-refractivity contribution in [2.24, 2.45) is 0 Å². The van der Waals surface area contributed by atoms with Gasteiger partial charge in [-0.25, -0.2) is 0 Å². The van der Waals surface area contributed by atoms with E-state index in [4.69, 9.17) is 4.74 Å². The smallest absolute Gasteiger partial charge is 0.239 e. The van der Waals surface area contributed by atoms with Gasteiger partial charge in [-0.05, 0) is 13.8 Å². The van der Waals surface area contributed by atoms with Crippen molar-refractivity contribution >= 4 is 11.8 Å². The van der Waals surface area contributed by atoms with Gasteiger partial charge >= 0.3 is 0 Å². The molecule has 1 aliphatic heterocycles. The van der Waals surface area contributed by atoms with Gasteiger partial charge in [0.15, 0.2) is 0 Å². The summed E-state index contributed by atoms with van der Waals surface area (Å²) in [5.41, 5.74) is 0. The minimum atomic E-state index is -0.104. The first kappa shape index (κ1) is 15.9. The predicted molar refractivity (Wildman–Crippen MR) is 72.8 cm³/mol. The standard InChI is InChI=1S/C13H25N3O3/c1-11(2)14-13(18)10-16(12(3)17)5-4-15-6-8-19-9-7-15/h11H,4-10H2,1-3H3,(H,14,18). The van der Waals surface area contributed by atoms with E-state index in [1.54, 1.807) is 4.90 Å². The van der Waals surface area contributed by atoms with Gasteiger partial charge in [0.25, 0.3) is 0 Å². The molecule has 0 aromatic rings. The van der Waals surface area contributed by atoms with E-state index in [1.807, 2.05) is 13.8 Å². The quantitative estimate of drug-likeness (QED) is 0.720. The Kier molecular flexibility index (Phi) is 6.80. The molecule has 1 N–H and O–H groups in total. The van der Waals surface area contributed by atoms with E-state index in [-0.39, 0.29) is 24.4 Å². The van der Waals surface area contributed by atoms with Crippen molar-refractivity contribution in [2.75, 3.05) is 45.9 Å². The molecule has 1 fully saturated rings. The molecule has 1 rings (SSSR count). The number of hydrogen-bond acceptors (Lipinski definition) is 4. The summed E-state index contributed by atoms with van der Waals surface area (Å²) in [7, 11) is 0. The third-order valence-electron chi connectivity index (χ3n) is 3.02. The highest BCUT2D eigenvalue weighted by Crippen LogP contribution is 1.98. The molecule has 0 spiro atoms. The molecule has 2 amide bonds. The number of nitrogens with zero attached hydrogens (tertiary/aromatic N) is 2. The van der Waals surface area contributed by atoms with Crippen molar-refractivity contribution in [3.63, 3.8) is 0 Å². The summed E-state index contributed by atoms with van der Waals surface area (Å²) in [4.78, 5) is 27.1. The summed E-state index contributed by atoms with van der Waals surface area (Å²) >= 11 is 0. The van der Waals surface area contributed by atoms with Crippen molar-refractivity contribution in [1.29, 1.82) is 0 Å². The van der Waals surface area contributed by atoms with Crippen LogP contribution in [0.2, 0.25) is 0 Å². The molecule has 0 bridgehead atoms. The van der Waals surface area contributed by atoms with Gasteiger partial charge < -0.3 is 15.0 Å². The van der Waals surface area contributed by atoms with E-state index in [2.05, 4.69) is 10.2 Å². The Labute approximate surface area is 115 Å². The van der Waals surface area contributed by atoms with Crippen molar-refractivity contribution in [2.45, 2.75) is 26.8 Å². The Morgan fingerprint density at radius 1 is 1.32 bits per heavy atom. The molecule has 6 nitrogen and oxygen atoms in total. The molecule has 0 saturated carbocycles. The van der Waals surface area contributed by atoms with E-state index in [0.717, 1.165) is 32.8 Å². The number of rotatable bonds is 6. The second kappa shape index (κ2) is 8.12. The molecular formula is C13H25N3O3. The van der Waals surface area contributed by atoms with Crippen molar-refractivity contribution < 1.29 is 14.3 Å². The maximum atomic E-state index is 11.7. The lowest BCUT2D eigenvalue weighted by Crippen LogP contribution is -2.46. The van der Waals surface area contributed by atoms with Gasteiger partial charge in [0, 0.05) is 39.1 Å². The van der Waals surface area contributed by atoms with Gasteiger partial charge in [0.05, 0.1) is 19.8 Å². The van der Waals surface area contributed by atoms with Gasteiger partial charge in [0.1, 0.15) is 0 Å². The fraction of sp³-hybridized carbons (Fsp3) is 0.846. The van der Waals surface area contributed by atoms with Crippen molar-refractivity contribution in [3.8, 4) is 0 Å². The van der Waals surface area contributed by atoms with Gasteiger partial charge in [-0.15, -0.1) is 0 Å². The topological polar surface area (TPSA) is 61.9 Å². The van der Waals surface area contributed by atoms with Crippen LogP contribution in [0.1, 0.15) is 20.8 Å². The number of carbonyl (C=O) groups excluding carboxylic acids is 2. The summed E-state index contributed by atoms with van der Waals surface area (Å²) in [6.07, 6.45) is 0. The zero-order chi connectivity index (χ0) is 14.3. The second-order valence-electron chi connectivity index (χ2n) is 5.12. The zero-order valence-electron chi connectivity index (χ0n) is 12.1. The van der Waals surface area contributed by atoms with Crippen LogP contribution in [0.15, 0.2) is 0 Å². The van der Waals surface area contributed by atoms with Gasteiger partial charge in [-0.3, -0.25) is 14.5 Å². The number of amides is 2. The van der Waals surface area contributed by atoms with Crippen LogP contribution in [0.5, 0.6) is 0 Å². The summed E-state index contributed by atoms with van der Waals surface area (Å²) in [5.74, 6) is -0.167. The molecular weight excluding hydrogens is 246 g/mol. The van der Waals surface area contributed by atoms with E-state index < -0.39 is 0 Å². The molecule has 1 saturated heterocycles. The third kappa shape index (κ3) is 6.54. The third-order valence-corrected chi connectivity index (χ3v) is 3.02. The highest BCUT2D eigenvalue weighted by molar-refractivity contribution is 5.83. The molecule has 110 valence electrons. The Hall–Kier alpha value is -1.14. The van der Waals surface area contributed by atoms with E-state index in [1.165, 1.54) is 6.92 Å². The lowest BCUT2D eigenvalue weighted by Gasteiger charge is -2.29. The highest BCUT2D eigenvalue weighted by atomic mass is 16.5. The van der Waals surface area contributed by atoms with Crippen molar-refractivity contribution in [3.05, 3.63) is 0 Å². The van der Waals surface area contributed by atoms with Gasteiger partial charge in [-0.1, -0.05) is 0 Å². The normalized spacial score (nSPS) is 16.4. The molecule has 0 radical (unpaired) electrons. The summed E-state index contributed by atoms with van der Waals surface area (Å²) in [5, 5.41) is 2.80. The van der Waals surface area contributed by atoms with Crippen LogP contribution in [0.3, 0.4) is 0 Å². The first-order chi connectivity index (χ1) is 8.99. The van der Waals surface area contributed by atoms with Crippen LogP contribution < -0.4 is 5.32 Å². The van der Waals surface area contributed by atoms with Crippen LogP contribution in [0.4, 0.5) is 0 Å². The molecule has 0 aromatic carbocycles. The van der Waals surface area contributed by atoms with Gasteiger partial charge in [0.2, 0.25) is 11.8 Å². The Bertz CT molecular complexity index is 302. The van der Waals surface area contributed by atoms with Crippen molar-refractivity contribution in [1.82, 2.24) is 15.1 Å². The largest absolute Gasteiger partial charge is 0.379 e. The Balaban J connectivity index is 2.35. The molecule has 1 aliphatic rings. The zero-order valence-corrected chi connectivity index (χ0v) is 12.1. The van der Waals surface area contributed by atoms with E-state index in [0.29, 0.717) is 6.54 Å². The fourth-order valence-electron chi connectivity index (χ4n) is 1.98. The first-order valence-corrected chi connectivity index (χ1v) is 6.84. The second-order valence-corrected chi connectivity index (χ2v) is 5.12. The monoisotopic (exact) mass is 271 g/mol. The van der Waals surface area contributed by atoms with Crippen LogP contribution in [0, 0.1) is 0 Å². The lowest BCUT2D eigenvalue weighted by atomic mass is 10.3. The molecule has 0 unspecified atom stereocenters. The Morgan fingerprint density at radius 2 is 1.95 bits per heavy atom. The number of hydrogen-bond donors (Lipinski definition) is 1. The van der Waals surface area contributed by atoms with E-state index >= 15 is 0 Å². The first-order valence-electron chi connectivity index (χ1n) is 6.84. The number of ether oxygens (including phenoxy) is 1. The summed E-state index contributed by atoms with van der Waals surface area (Å²) < 4.78 is 5.28. The maximum Gasteiger partial charge on any atom is 0.239 e. The molecule has 0 atom stereocenters. The van der Waals surface area contributed by atoms with Crippen LogP contribution in [-0.4, -0.2) is 73.6 Å². The molecule has 6 heteroatoms. The SMILES string of the molecule is CC(=O)N(CCN1CCOCC1)CC(=O)NC(C)C. The van der Waals surface area contributed by atoms with Crippen LogP contribution >= 0.6 is 0 Å². The number of nitrogens with one attached hydrogen (secondary N) is 1. The Morgan fingerprint density at radius 3 is 2.47 bits per heavy atom. The summed E-state index contributed by atoms with van der Waals surface area (Å²) in [6.45, 7) is 10.1. The molecule has 1 heterocycles. The minimum Gasteiger partial charge on any atom is -0.379 e.